The fourth-order valence-corrected chi connectivity index (χ4v) is 4.27. The number of carboxylic acids is 1. The highest BCUT2D eigenvalue weighted by Crippen LogP contribution is 2.32. The molecule has 2 saturated heterocycles. The van der Waals surface area contributed by atoms with Crippen LogP contribution in [-0.2, 0) is 9.59 Å². The van der Waals surface area contributed by atoms with Gasteiger partial charge in [-0.1, -0.05) is 18.2 Å². The molecule has 6 nitrogen and oxygen atoms in total. The van der Waals surface area contributed by atoms with Crippen molar-refractivity contribution in [1.29, 1.82) is 0 Å². The fraction of sp³-hybridized carbons (Fsp3) is 0.471. The van der Waals surface area contributed by atoms with Crippen LogP contribution in [0.4, 0.5) is 0 Å². The lowest BCUT2D eigenvalue weighted by Crippen LogP contribution is -2.49. The Balaban J connectivity index is 1.73. The number of nitrogens with zero attached hydrogens (tertiary/aromatic N) is 2. The molecule has 2 aliphatic rings. The quantitative estimate of drug-likeness (QED) is 0.896. The number of carboxylic acid groups (broad SMARTS) is 1. The minimum absolute atomic E-state index is 0.144. The number of benzene rings is 1. The van der Waals surface area contributed by atoms with Crippen molar-refractivity contribution in [2.75, 3.05) is 24.7 Å². The van der Waals surface area contributed by atoms with Gasteiger partial charge in [0.05, 0.1) is 11.3 Å². The monoisotopic (exact) mass is 348 g/mol. The molecular weight excluding hydrogens is 328 g/mol. The summed E-state index contributed by atoms with van der Waals surface area (Å²) in [7, 11) is 0. The van der Waals surface area contributed by atoms with Crippen molar-refractivity contribution in [3.63, 3.8) is 0 Å². The average molecular weight is 348 g/mol. The van der Waals surface area contributed by atoms with Crippen molar-refractivity contribution in [1.82, 2.24) is 9.80 Å². The molecule has 128 valence electrons. The molecule has 0 aliphatic carbocycles. The van der Waals surface area contributed by atoms with E-state index in [1.54, 1.807) is 52.8 Å². The molecular formula is C17H20N2O4S. The SMILES string of the molecule is CC1(C(=O)O)CCN(C(=O)C2CSCN2C(=O)c2ccccc2)C1. The summed E-state index contributed by atoms with van der Waals surface area (Å²) in [6.07, 6.45) is 0.445. The Bertz CT molecular complexity index is 666. The van der Waals surface area contributed by atoms with Crippen molar-refractivity contribution in [3.8, 4) is 0 Å². The van der Waals surface area contributed by atoms with Crippen molar-refractivity contribution in [2.24, 2.45) is 5.41 Å². The van der Waals surface area contributed by atoms with Gasteiger partial charge in [0.2, 0.25) is 5.91 Å². The predicted octanol–water partition coefficient (Wildman–Crippen LogP) is 1.52. The molecule has 2 atom stereocenters. The second-order valence-corrected chi connectivity index (χ2v) is 7.53. The van der Waals surface area contributed by atoms with Gasteiger partial charge in [-0.15, -0.1) is 11.8 Å². The molecule has 0 aromatic heterocycles. The van der Waals surface area contributed by atoms with Gasteiger partial charge in [0.25, 0.3) is 5.91 Å². The van der Waals surface area contributed by atoms with Crippen molar-refractivity contribution >= 4 is 29.5 Å². The third-order valence-electron chi connectivity index (χ3n) is 4.75. The Morgan fingerprint density at radius 1 is 1.25 bits per heavy atom. The lowest BCUT2D eigenvalue weighted by atomic mass is 9.90. The maximum absolute atomic E-state index is 12.8. The third kappa shape index (κ3) is 3.00. The van der Waals surface area contributed by atoms with Gasteiger partial charge in [-0.25, -0.2) is 0 Å². The molecule has 0 radical (unpaired) electrons. The van der Waals surface area contributed by atoms with Gasteiger partial charge in [0.1, 0.15) is 6.04 Å². The first-order chi connectivity index (χ1) is 11.4. The summed E-state index contributed by atoms with van der Waals surface area (Å²) in [5.74, 6) is -0.143. The summed E-state index contributed by atoms with van der Waals surface area (Å²) in [5.41, 5.74) is -0.329. The van der Waals surface area contributed by atoms with E-state index in [2.05, 4.69) is 0 Å². The molecule has 1 aromatic rings. The van der Waals surface area contributed by atoms with Crippen LogP contribution in [0.25, 0.3) is 0 Å². The van der Waals surface area contributed by atoms with Gasteiger partial charge in [0, 0.05) is 24.4 Å². The van der Waals surface area contributed by atoms with E-state index in [4.69, 9.17) is 0 Å². The molecule has 0 spiro atoms. The van der Waals surface area contributed by atoms with Crippen LogP contribution in [-0.4, -0.2) is 63.5 Å². The van der Waals surface area contributed by atoms with E-state index in [0.29, 0.717) is 30.2 Å². The van der Waals surface area contributed by atoms with Crippen LogP contribution in [0.15, 0.2) is 30.3 Å². The number of carbonyl (C=O) groups excluding carboxylic acids is 2. The summed E-state index contributed by atoms with van der Waals surface area (Å²) >= 11 is 1.55. The number of carbonyl (C=O) groups is 3. The molecule has 2 aliphatic heterocycles. The lowest BCUT2D eigenvalue weighted by molar-refractivity contribution is -0.147. The molecule has 3 rings (SSSR count). The summed E-state index contributed by atoms with van der Waals surface area (Å²) in [5, 5.41) is 9.32. The highest BCUT2D eigenvalue weighted by atomic mass is 32.2. The Morgan fingerprint density at radius 3 is 2.58 bits per heavy atom. The van der Waals surface area contributed by atoms with Gasteiger partial charge in [-0.05, 0) is 25.5 Å². The first-order valence-electron chi connectivity index (χ1n) is 7.88. The van der Waals surface area contributed by atoms with E-state index in [1.165, 1.54) is 0 Å². The number of hydrogen-bond donors (Lipinski definition) is 1. The number of rotatable bonds is 3. The molecule has 2 unspecified atom stereocenters. The van der Waals surface area contributed by atoms with Crippen LogP contribution < -0.4 is 0 Å². The van der Waals surface area contributed by atoms with Crippen molar-refractivity contribution < 1.29 is 19.5 Å². The van der Waals surface area contributed by atoms with Gasteiger partial charge < -0.3 is 14.9 Å². The molecule has 2 heterocycles. The molecule has 2 amide bonds. The van der Waals surface area contributed by atoms with Crippen LogP contribution in [0, 0.1) is 5.41 Å². The number of thioether (sulfide) groups is 1. The topological polar surface area (TPSA) is 77.9 Å². The van der Waals surface area contributed by atoms with Crippen LogP contribution in [0.3, 0.4) is 0 Å². The largest absolute Gasteiger partial charge is 0.481 e. The third-order valence-corrected chi connectivity index (χ3v) is 5.76. The highest BCUT2D eigenvalue weighted by Gasteiger charge is 2.45. The number of likely N-dealkylation sites (tertiary alicyclic amines) is 1. The molecule has 1 N–H and O–H groups in total. The summed E-state index contributed by atoms with van der Waals surface area (Å²) in [6.45, 7) is 2.30. The van der Waals surface area contributed by atoms with Gasteiger partial charge in [0.15, 0.2) is 0 Å². The molecule has 0 saturated carbocycles. The first kappa shape index (κ1) is 16.8. The Kier molecular flexibility index (Phi) is 4.54. The molecule has 1 aromatic carbocycles. The van der Waals surface area contributed by atoms with E-state index >= 15 is 0 Å². The van der Waals surface area contributed by atoms with Crippen LogP contribution in [0.1, 0.15) is 23.7 Å². The zero-order valence-corrected chi connectivity index (χ0v) is 14.3. The van der Waals surface area contributed by atoms with Gasteiger partial charge in [-0.3, -0.25) is 14.4 Å². The zero-order chi connectivity index (χ0) is 17.3. The molecule has 0 bridgehead atoms. The maximum Gasteiger partial charge on any atom is 0.311 e. The molecule has 24 heavy (non-hydrogen) atoms. The summed E-state index contributed by atoms with van der Waals surface area (Å²) < 4.78 is 0. The number of amides is 2. The smallest absolute Gasteiger partial charge is 0.311 e. The maximum atomic E-state index is 12.8. The van der Waals surface area contributed by atoms with E-state index in [0.717, 1.165) is 0 Å². The second-order valence-electron chi connectivity index (χ2n) is 6.53. The fourth-order valence-electron chi connectivity index (χ4n) is 3.13. The average Bonchev–Trinajstić information content (AvgIpc) is 3.22. The minimum Gasteiger partial charge on any atom is -0.481 e. The first-order valence-corrected chi connectivity index (χ1v) is 9.04. The Hall–Kier alpha value is -2.02. The predicted molar refractivity (Wildman–Crippen MR) is 90.7 cm³/mol. The van der Waals surface area contributed by atoms with E-state index in [1.807, 2.05) is 6.07 Å². The highest BCUT2D eigenvalue weighted by molar-refractivity contribution is 7.99. The van der Waals surface area contributed by atoms with Crippen LogP contribution >= 0.6 is 11.8 Å². The molecule has 7 heteroatoms. The van der Waals surface area contributed by atoms with Crippen molar-refractivity contribution in [3.05, 3.63) is 35.9 Å². The van der Waals surface area contributed by atoms with E-state index in [9.17, 15) is 19.5 Å². The zero-order valence-electron chi connectivity index (χ0n) is 13.5. The van der Waals surface area contributed by atoms with Crippen LogP contribution in [0.2, 0.25) is 0 Å². The normalized spacial score (nSPS) is 26.6. The Morgan fingerprint density at radius 2 is 1.96 bits per heavy atom. The Labute approximate surface area is 144 Å². The standard InChI is InChI=1S/C17H20N2O4S/c1-17(16(22)23)7-8-18(10-17)15(21)13-9-24-11-19(13)14(20)12-5-3-2-4-6-12/h2-6,13H,7-11H2,1H3,(H,22,23). The van der Waals surface area contributed by atoms with Gasteiger partial charge in [-0.2, -0.15) is 0 Å². The van der Waals surface area contributed by atoms with Crippen molar-refractivity contribution in [2.45, 2.75) is 19.4 Å². The van der Waals surface area contributed by atoms with Crippen LogP contribution in [0.5, 0.6) is 0 Å². The minimum atomic E-state index is -0.893. The lowest BCUT2D eigenvalue weighted by Gasteiger charge is -2.28. The summed E-state index contributed by atoms with van der Waals surface area (Å²) in [4.78, 5) is 40.0. The number of aliphatic carboxylic acids is 1. The van der Waals surface area contributed by atoms with Gasteiger partial charge >= 0.3 is 5.97 Å². The summed E-state index contributed by atoms with van der Waals surface area (Å²) in [6, 6.07) is 8.40. The second kappa shape index (κ2) is 6.47. The van der Waals surface area contributed by atoms with E-state index in [-0.39, 0.29) is 18.4 Å². The molecule has 2 fully saturated rings. The number of hydrogen-bond acceptors (Lipinski definition) is 4. The van der Waals surface area contributed by atoms with E-state index < -0.39 is 17.4 Å².